The number of methoxy groups -OCH3 is 1. The number of phenols is 1. The zero-order valence-electron chi connectivity index (χ0n) is 13.4. The van der Waals surface area contributed by atoms with Crippen LogP contribution in [0.15, 0.2) is 46.9 Å². The maximum absolute atomic E-state index is 11.8. The highest BCUT2D eigenvalue weighted by Crippen LogP contribution is 2.26. The molecule has 0 aromatic heterocycles. The molecule has 0 atom stereocenters. The summed E-state index contributed by atoms with van der Waals surface area (Å²) in [6, 6.07) is 12.7. The van der Waals surface area contributed by atoms with Gasteiger partial charge in [-0.05, 0) is 52.2 Å². The van der Waals surface area contributed by atoms with Gasteiger partial charge in [0.25, 0.3) is 0 Å². The molecule has 6 heteroatoms. The maximum Gasteiger partial charge on any atom is 0.220 e. The molecule has 0 heterocycles. The van der Waals surface area contributed by atoms with E-state index < -0.39 is 0 Å². The minimum absolute atomic E-state index is 0.0546. The number of amides is 1. The van der Waals surface area contributed by atoms with Crippen LogP contribution >= 0.6 is 15.9 Å². The molecule has 0 aliphatic carbocycles. The molecule has 24 heavy (non-hydrogen) atoms. The van der Waals surface area contributed by atoms with Gasteiger partial charge < -0.3 is 19.9 Å². The lowest BCUT2D eigenvalue weighted by Crippen LogP contribution is -2.22. The predicted octanol–water partition coefficient (Wildman–Crippen LogP) is 3.64. The first-order valence-corrected chi connectivity index (χ1v) is 8.39. The van der Waals surface area contributed by atoms with Crippen LogP contribution < -0.4 is 14.8 Å². The number of benzene rings is 2. The van der Waals surface area contributed by atoms with Gasteiger partial charge in [0, 0.05) is 13.0 Å². The van der Waals surface area contributed by atoms with Crippen molar-refractivity contribution in [1.82, 2.24) is 5.32 Å². The van der Waals surface area contributed by atoms with Crippen LogP contribution in [0.4, 0.5) is 0 Å². The topological polar surface area (TPSA) is 67.8 Å². The Morgan fingerprint density at radius 3 is 2.71 bits per heavy atom. The molecule has 0 saturated carbocycles. The lowest BCUT2D eigenvalue weighted by molar-refractivity contribution is -0.121. The van der Waals surface area contributed by atoms with Crippen molar-refractivity contribution in [3.63, 3.8) is 0 Å². The largest absolute Gasteiger partial charge is 0.504 e. The number of carbonyl (C=O) groups excluding carboxylic acids is 1. The fraction of sp³-hybridized carbons (Fsp3) is 0.278. The van der Waals surface area contributed by atoms with Crippen LogP contribution in [0.25, 0.3) is 0 Å². The number of ether oxygens (including phenoxy) is 2. The Morgan fingerprint density at radius 1 is 1.21 bits per heavy atom. The number of para-hydroxylation sites is 1. The number of hydrogen-bond acceptors (Lipinski definition) is 4. The Bertz CT molecular complexity index is 690. The van der Waals surface area contributed by atoms with Crippen molar-refractivity contribution in [2.24, 2.45) is 0 Å². The monoisotopic (exact) mass is 393 g/mol. The molecule has 2 aromatic rings. The van der Waals surface area contributed by atoms with E-state index in [9.17, 15) is 9.90 Å². The number of rotatable bonds is 8. The average molecular weight is 394 g/mol. The van der Waals surface area contributed by atoms with Gasteiger partial charge in [-0.25, -0.2) is 0 Å². The molecule has 1 amide bonds. The van der Waals surface area contributed by atoms with Crippen LogP contribution in [-0.4, -0.2) is 24.7 Å². The van der Waals surface area contributed by atoms with E-state index in [1.54, 1.807) is 18.2 Å². The van der Waals surface area contributed by atoms with E-state index in [0.29, 0.717) is 31.7 Å². The molecule has 0 aliphatic heterocycles. The number of carbonyl (C=O) groups is 1. The quantitative estimate of drug-likeness (QED) is 0.671. The Hall–Kier alpha value is -2.21. The van der Waals surface area contributed by atoms with Crippen molar-refractivity contribution >= 4 is 21.8 Å². The van der Waals surface area contributed by atoms with E-state index in [2.05, 4.69) is 21.2 Å². The van der Waals surface area contributed by atoms with Crippen LogP contribution in [0.2, 0.25) is 0 Å². The Morgan fingerprint density at radius 2 is 2.00 bits per heavy atom. The predicted molar refractivity (Wildman–Crippen MR) is 95.4 cm³/mol. The molecule has 2 rings (SSSR count). The zero-order valence-corrected chi connectivity index (χ0v) is 15.0. The third-order valence-corrected chi connectivity index (χ3v) is 4.03. The summed E-state index contributed by atoms with van der Waals surface area (Å²) in [6.45, 7) is 0.834. The minimum atomic E-state index is -0.0546. The molecule has 0 fully saturated rings. The third-order valence-electron chi connectivity index (χ3n) is 3.38. The minimum Gasteiger partial charge on any atom is -0.504 e. The molecular weight excluding hydrogens is 374 g/mol. The van der Waals surface area contributed by atoms with Gasteiger partial charge in [-0.3, -0.25) is 4.79 Å². The molecule has 0 spiro atoms. The van der Waals surface area contributed by atoms with Crippen molar-refractivity contribution in [3.05, 3.63) is 52.5 Å². The van der Waals surface area contributed by atoms with Crippen LogP contribution in [-0.2, 0) is 11.3 Å². The van der Waals surface area contributed by atoms with Gasteiger partial charge in [0.05, 0.1) is 18.2 Å². The Kier molecular flexibility index (Phi) is 6.93. The summed E-state index contributed by atoms with van der Waals surface area (Å²) in [4.78, 5) is 11.8. The average Bonchev–Trinajstić information content (AvgIpc) is 2.58. The molecule has 0 radical (unpaired) electrons. The van der Waals surface area contributed by atoms with Crippen molar-refractivity contribution in [1.29, 1.82) is 0 Å². The lowest BCUT2D eigenvalue weighted by atomic mass is 10.2. The molecule has 2 aromatic carbocycles. The summed E-state index contributed by atoms with van der Waals surface area (Å²) < 4.78 is 11.5. The summed E-state index contributed by atoms with van der Waals surface area (Å²) in [5.74, 6) is 1.19. The smallest absolute Gasteiger partial charge is 0.220 e. The number of phenolic OH excluding ortho intramolecular Hbond substituents is 1. The molecule has 2 N–H and O–H groups in total. The Balaban J connectivity index is 1.68. The highest BCUT2D eigenvalue weighted by atomic mass is 79.9. The molecular formula is C18H20BrNO4. The summed E-state index contributed by atoms with van der Waals surface area (Å²) >= 11 is 3.41. The summed E-state index contributed by atoms with van der Waals surface area (Å²) in [5.41, 5.74) is 0.811. The first kappa shape index (κ1) is 18.1. The SMILES string of the molecule is COc1ccc(CNC(=O)CCCOc2ccccc2Br)cc1O. The normalized spacial score (nSPS) is 10.2. The Labute approximate surface area is 149 Å². The van der Waals surface area contributed by atoms with Crippen LogP contribution in [0, 0.1) is 0 Å². The van der Waals surface area contributed by atoms with Gasteiger partial charge in [0.1, 0.15) is 5.75 Å². The zero-order chi connectivity index (χ0) is 17.4. The van der Waals surface area contributed by atoms with E-state index in [4.69, 9.17) is 9.47 Å². The van der Waals surface area contributed by atoms with Crippen molar-refractivity contribution in [2.45, 2.75) is 19.4 Å². The van der Waals surface area contributed by atoms with E-state index >= 15 is 0 Å². The van der Waals surface area contributed by atoms with Gasteiger partial charge in [-0.2, -0.15) is 0 Å². The van der Waals surface area contributed by atoms with Gasteiger partial charge >= 0.3 is 0 Å². The van der Waals surface area contributed by atoms with Gasteiger partial charge in [-0.1, -0.05) is 18.2 Å². The second-order valence-corrected chi connectivity index (χ2v) is 6.02. The summed E-state index contributed by atoms with van der Waals surface area (Å²) in [7, 11) is 1.49. The second-order valence-electron chi connectivity index (χ2n) is 5.17. The molecule has 128 valence electrons. The van der Waals surface area contributed by atoms with E-state index in [0.717, 1.165) is 15.8 Å². The van der Waals surface area contributed by atoms with E-state index in [1.807, 2.05) is 24.3 Å². The number of hydrogen-bond donors (Lipinski definition) is 2. The molecule has 0 aliphatic rings. The highest BCUT2D eigenvalue weighted by Gasteiger charge is 2.05. The van der Waals surface area contributed by atoms with Crippen LogP contribution in [0.3, 0.4) is 0 Å². The highest BCUT2D eigenvalue weighted by molar-refractivity contribution is 9.10. The standard InChI is InChI=1S/C18H20BrNO4/c1-23-17-9-8-13(11-15(17)21)12-20-18(22)7-4-10-24-16-6-3-2-5-14(16)19/h2-3,5-6,8-9,11,21H,4,7,10,12H2,1H3,(H,20,22). The van der Waals surface area contributed by atoms with Crippen LogP contribution in [0.5, 0.6) is 17.2 Å². The first-order valence-electron chi connectivity index (χ1n) is 7.60. The summed E-state index contributed by atoms with van der Waals surface area (Å²) in [5, 5.41) is 12.5. The number of nitrogens with one attached hydrogen (secondary N) is 1. The molecule has 0 unspecified atom stereocenters. The van der Waals surface area contributed by atoms with Gasteiger partial charge in [0.2, 0.25) is 5.91 Å². The van der Waals surface area contributed by atoms with E-state index in [-0.39, 0.29) is 11.7 Å². The fourth-order valence-corrected chi connectivity index (χ4v) is 2.51. The van der Waals surface area contributed by atoms with Crippen molar-refractivity contribution in [3.8, 4) is 17.2 Å². The molecule has 0 saturated heterocycles. The van der Waals surface area contributed by atoms with Gasteiger partial charge in [-0.15, -0.1) is 0 Å². The lowest BCUT2D eigenvalue weighted by Gasteiger charge is -2.09. The van der Waals surface area contributed by atoms with Gasteiger partial charge in [0.15, 0.2) is 11.5 Å². The van der Waals surface area contributed by atoms with E-state index in [1.165, 1.54) is 7.11 Å². The maximum atomic E-state index is 11.8. The molecule has 5 nitrogen and oxygen atoms in total. The van der Waals surface area contributed by atoms with Crippen LogP contribution in [0.1, 0.15) is 18.4 Å². The second kappa shape index (κ2) is 9.17. The molecule has 0 bridgehead atoms. The summed E-state index contributed by atoms with van der Waals surface area (Å²) in [6.07, 6.45) is 1.01. The fourth-order valence-electron chi connectivity index (χ4n) is 2.11. The number of halogens is 1. The van der Waals surface area contributed by atoms with Crippen molar-refractivity contribution < 1.29 is 19.4 Å². The van der Waals surface area contributed by atoms with Crippen molar-refractivity contribution in [2.75, 3.05) is 13.7 Å². The number of aromatic hydroxyl groups is 1. The first-order chi connectivity index (χ1) is 11.6. The third kappa shape index (κ3) is 5.45.